The van der Waals surface area contributed by atoms with Crippen LogP contribution in [0.5, 0.6) is 0 Å². The van der Waals surface area contributed by atoms with E-state index in [-0.39, 0.29) is 0 Å². The number of rotatable bonds is 9. The largest absolute Gasteiger partial charge is 0.370 e. The zero-order valence-electron chi connectivity index (χ0n) is 14.5. The maximum Gasteiger partial charge on any atom is 0.191 e. The normalized spacial score (nSPS) is 11.3. The molecule has 0 saturated carbocycles. The molecule has 0 unspecified atom stereocenters. The smallest absolute Gasteiger partial charge is 0.191 e. The van der Waals surface area contributed by atoms with Gasteiger partial charge in [-0.15, -0.1) is 0 Å². The standard InChI is InChI=1S/C17H27N7/c1-3-18-17(22-14-15-9-13-23-24(15)2)21-12-7-6-11-20-16-8-4-5-10-19-16/h4-5,8-10,13H,3,6-7,11-12,14H2,1-2H3,(H,19,20)(H2,18,21,22). The Kier molecular flexibility index (Phi) is 7.59. The highest BCUT2D eigenvalue weighted by atomic mass is 15.3. The summed E-state index contributed by atoms with van der Waals surface area (Å²) in [5, 5.41) is 14.1. The molecule has 7 heteroatoms. The average Bonchev–Trinajstić information content (AvgIpc) is 3.01. The van der Waals surface area contributed by atoms with Gasteiger partial charge in [-0.2, -0.15) is 5.10 Å². The highest BCUT2D eigenvalue weighted by Gasteiger charge is 2.00. The number of nitrogens with zero attached hydrogens (tertiary/aromatic N) is 4. The van der Waals surface area contributed by atoms with Gasteiger partial charge in [0.1, 0.15) is 5.82 Å². The molecule has 3 N–H and O–H groups in total. The van der Waals surface area contributed by atoms with Gasteiger partial charge in [0.05, 0.1) is 12.2 Å². The summed E-state index contributed by atoms with van der Waals surface area (Å²) in [5.41, 5.74) is 1.09. The van der Waals surface area contributed by atoms with Crippen LogP contribution in [0, 0.1) is 0 Å². The van der Waals surface area contributed by atoms with Crippen LogP contribution < -0.4 is 16.0 Å². The predicted octanol–water partition coefficient (Wildman–Crippen LogP) is 1.76. The molecule has 2 aromatic rings. The SMILES string of the molecule is CCNC(=NCc1ccnn1C)NCCCCNc1ccccn1. The third-order valence-electron chi connectivity index (χ3n) is 3.53. The van der Waals surface area contributed by atoms with Crippen LogP contribution in [-0.2, 0) is 13.6 Å². The van der Waals surface area contributed by atoms with Crippen molar-refractivity contribution in [1.82, 2.24) is 25.4 Å². The fourth-order valence-electron chi connectivity index (χ4n) is 2.20. The van der Waals surface area contributed by atoms with Gasteiger partial charge < -0.3 is 16.0 Å². The minimum Gasteiger partial charge on any atom is -0.370 e. The first-order valence-corrected chi connectivity index (χ1v) is 8.43. The second kappa shape index (κ2) is 10.3. The first-order chi connectivity index (χ1) is 11.8. The quantitative estimate of drug-likeness (QED) is 0.371. The van der Waals surface area contributed by atoms with E-state index in [1.807, 2.05) is 36.0 Å². The summed E-state index contributed by atoms with van der Waals surface area (Å²) < 4.78 is 1.84. The van der Waals surface area contributed by atoms with Crippen molar-refractivity contribution in [2.45, 2.75) is 26.3 Å². The topological polar surface area (TPSA) is 79.2 Å². The Morgan fingerprint density at radius 3 is 2.71 bits per heavy atom. The van der Waals surface area contributed by atoms with E-state index in [2.05, 4.69) is 37.9 Å². The Labute approximate surface area is 143 Å². The van der Waals surface area contributed by atoms with Crippen molar-refractivity contribution in [2.24, 2.45) is 12.0 Å². The van der Waals surface area contributed by atoms with Crippen LogP contribution in [0.4, 0.5) is 5.82 Å². The summed E-state index contributed by atoms with van der Waals surface area (Å²) >= 11 is 0. The zero-order valence-corrected chi connectivity index (χ0v) is 14.5. The molecule has 0 radical (unpaired) electrons. The van der Waals surface area contributed by atoms with Crippen LogP contribution in [0.2, 0.25) is 0 Å². The molecule has 0 atom stereocenters. The molecule has 0 bridgehead atoms. The van der Waals surface area contributed by atoms with Gasteiger partial charge in [0.2, 0.25) is 0 Å². The van der Waals surface area contributed by atoms with Gasteiger partial charge in [-0.25, -0.2) is 9.98 Å². The first-order valence-electron chi connectivity index (χ1n) is 8.43. The molecule has 0 spiro atoms. The number of nitrogens with one attached hydrogen (secondary N) is 3. The molecule has 0 aromatic carbocycles. The minimum absolute atomic E-state index is 0.618. The summed E-state index contributed by atoms with van der Waals surface area (Å²) in [5.74, 6) is 1.77. The van der Waals surface area contributed by atoms with Gasteiger partial charge in [0.15, 0.2) is 5.96 Å². The van der Waals surface area contributed by atoms with Crippen LogP contribution in [0.3, 0.4) is 0 Å². The highest BCUT2D eigenvalue weighted by molar-refractivity contribution is 5.79. The van der Waals surface area contributed by atoms with E-state index >= 15 is 0 Å². The molecule has 0 amide bonds. The fourth-order valence-corrected chi connectivity index (χ4v) is 2.20. The molecule has 0 aliphatic carbocycles. The van der Waals surface area contributed by atoms with E-state index in [1.165, 1.54) is 0 Å². The van der Waals surface area contributed by atoms with Gasteiger partial charge in [-0.1, -0.05) is 6.07 Å². The van der Waals surface area contributed by atoms with E-state index in [4.69, 9.17) is 0 Å². The van der Waals surface area contributed by atoms with E-state index in [0.717, 1.165) is 49.9 Å². The number of hydrogen-bond donors (Lipinski definition) is 3. The molecular weight excluding hydrogens is 302 g/mol. The molecule has 24 heavy (non-hydrogen) atoms. The average molecular weight is 329 g/mol. The maximum absolute atomic E-state index is 4.59. The molecule has 2 heterocycles. The Hall–Kier alpha value is -2.57. The van der Waals surface area contributed by atoms with E-state index < -0.39 is 0 Å². The summed E-state index contributed by atoms with van der Waals surface area (Å²) in [6.45, 7) is 5.34. The number of aromatic nitrogens is 3. The molecule has 0 aliphatic heterocycles. The Balaban J connectivity index is 1.65. The van der Waals surface area contributed by atoms with Crippen molar-refractivity contribution in [3.05, 3.63) is 42.4 Å². The van der Waals surface area contributed by atoms with Crippen molar-refractivity contribution >= 4 is 11.8 Å². The number of anilines is 1. The second-order valence-corrected chi connectivity index (χ2v) is 5.42. The fraction of sp³-hybridized carbons (Fsp3) is 0.471. The number of aryl methyl sites for hydroxylation is 1. The second-order valence-electron chi connectivity index (χ2n) is 5.42. The third-order valence-corrected chi connectivity index (χ3v) is 3.53. The number of hydrogen-bond acceptors (Lipinski definition) is 4. The molecule has 0 fully saturated rings. The molecule has 0 saturated heterocycles. The summed E-state index contributed by atoms with van der Waals surface area (Å²) in [7, 11) is 1.93. The van der Waals surface area contributed by atoms with Gasteiger partial charge >= 0.3 is 0 Å². The number of guanidine groups is 1. The minimum atomic E-state index is 0.618. The first kappa shape index (κ1) is 17.8. The number of unbranched alkanes of at least 4 members (excludes halogenated alkanes) is 1. The molecule has 2 rings (SSSR count). The van der Waals surface area contributed by atoms with E-state index in [1.54, 1.807) is 12.4 Å². The monoisotopic (exact) mass is 329 g/mol. The van der Waals surface area contributed by atoms with Gasteiger partial charge in [-0.3, -0.25) is 4.68 Å². The summed E-state index contributed by atoms with van der Waals surface area (Å²) in [6, 6.07) is 7.86. The number of pyridine rings is 1. The van der Waals surface area contributed by atoms with E-state index in [0.29, 0.717) is 6.54 Å². The van der Waals surface area contributed by atoms with Crippen molar-refractivity contribution in [1.29, 1.82) is 0 Å². The van der Waals surface area contributed by atoms with Crippen LogP contribution in [0.15, 0.2) is 41.7 Å². The van der Waals surface area contributed by atoms with Crippen molar-refractivity contribution in [2.75, 3.05) is 25.0 Å². The van der Waals surface area contributed by atoms with E-state index in [9.17, 15) is 0 Å². The lowest BCUT2D eigenvalue weighted by Gasteiger charge is -2.11. The molecule has 130 valence electrons. The Bertz CT molecular complexity index is 606. The third kappa shape index (κ3) is 6.28. The van der Waals surface area contributed by atoms with Gasteiger partial charge in [0, 0.05) is 39.1 Å². The predicted molar refractivity (Wildman–Crippen MR) is 98.0 cm³/mol. The van der Waals surface area contributed by atoms with Crippen molar-refractivity contribution in [3.63, 3.8) is 0 Å². The highest BCUT2D eigenvalue weighted by Crippen LogP contribution is 2.00. The summed E-state index contributed by atoms with van der Waals surface area (Å²) in [6.07, 6.45) is 5.73. The Morgan fingerprint density at radius 2 is 2.00 bits per heavy atom. The number of aliphatic imine (C=N–C) groups is 1. The molecule has 2 aromatic heterocycles. The zero-order chi connectivity index (χ0) is 17.0. The van der Waals surface area contributed by atoms with Crippen molar-refractivity contribution < 1.29 is 0 Å². The molecular formula is C17H27N7. The lowest BCUT2D eigenvalue weighted by molar-refractivity contribution is 0.696. The van der Waals surface area contributed by atoms with Crippen LogP contribution >= 0.6 is 0 Å². The maximum atomic E-state index is 4.59. The van der Waals surface area contributed by atoms with Gasteiger partial charge in [0.25, 0.3) is 0 Å². The van der Waals surface area contributed by atoms with Crippen LogP contribution in [0.25, 0.3) is 0 Å². The Morgan fingerprint density at radius 1 is 1.12 bits per heavy atom. The molecule has 0 aliphatic rings. The molecule has 7 nitrogen and oxygen atoms in total. The lowest BCUT2D eigenvalue weighted by atomic mass is 10.3. The van der Waals surface area contributed by atoms with Gasteiger partial charge in [-0.05, 0) is 38.0 Å². The van der Waals surface area contributed by atoms with Crippen LogP contribution in [-0.4, -0.2) is 40.4 Å². The van der Waals surface area contributed by atoms with Crippen LogP contribution in [0.1, 0.15) is 25.5 Å². The lowest BCUT2D eigenvalue weighted by Crippen LogP contribution is -2.37. The summed E-state index contributed by atoms with van der Waals surface area (Å²) in [4.78, 5) is 8.83. The van der Waals surface area contributed by atoms with Crippen molar-refractivity contribution in [3.8, 4) is 0 Å².